The monoisotopic (exact) mass is 281 g/mol. The van der Waals surface area contributed by atoms with E-state index < -0.39 is 29.7 Å². The van der Waals surface area contributed by atoms with Gasteiger partial charge in [0.2, 0.25) is 5.91 Å². The highest BCUT2D eigenvalue weighted by atomic mass is 19.1. The summed E-state index contributed by atoms with van der Waals surface area (Å²) in [6.07, 6.45) is 0.901. The van der Waals surface area contributed by atoms with Crippen LogP contribution in [0.15, 0.2) is 24.3 Å². The van der Waals surface area contributed by atoms with E-state index in [1.807, 2.05) is 0 Å². The van der Waals surface area contributed by atoms with Gasteiger partial charge in [-0.05, 0) is 37.1 Å². The SMILES string of the molecule is O=C(C[C@H](C(=O)O)[C@@H]1CCCO1)Nc1ccc(F)cc1. The van der Waals surface area contributed by atoms with E-state index in [1.54, 1.807) is 0 Å². The number of anilines is 1. The van der Waals surface area contributed by atoms with E-state index in [2.05, 4.69) is 5.32 Å². The zero-order valence-corrected chi connectivity index (χ0v) is 10.8. The highest BCUT2D eigenvalue weighted by Gasteiger charge is 2.33. The molecule has 0 aromatic heterocycles. The lowest BCUT2D eigenvalue weighted by atomic mass is 9.96. The van der Waals surface area contributed by atoms with Crippen molar-refractivity contribution in [2.45, 2.75) is 25.4 Å². The Morgan fingerprint density at radius 2 is 2.10 bits per heavy atom. The minimum atomic E-state index is -1.04. The van der Waals surface area contributed by atoms with E-state index in [1.165, 1.54) is 24.3 Å². The minimum absolute atomic E-state index is 0.155. The number of halogens is 1. The summed E-state index contributed by atoms with van der Waals surface area (Å²) in [5.41, 5.74) is 0.438. The summed E-state index contributed by atoms with van der Waals surface area (Å²) in [6.45, 7) is 0.536. The van der Waals surface area contributed by atoms with E-state index in [0.29, 0.717) is 18.7 Å². The summed E-state index contributed by atoms with van der Waals surface area (Å²) in [5.74, 6) is -2.70. The fraction of sp³-hybridized carbons (Fsp3) is 0.429. The van der Waals surface area contributed by atoms with Crippen molar-refractivity contribution in [1.82, 2.24) is 0 Å². The second kappa shape index (κ2) is 6.47. The first-order valence-corrected chi connectivity index (χ1v) is 6.46. The molecule has 2 atom stereocenters. The summed E-state index contributed by atoms with van der Waals surface area (Å²) in [6, 6.07) is 5.30. The molecule has 1 amide bonds. The Morgan fingerprint density at radius 3 is 2.65 bits per heavy atom. The van der Waals surface area contributed by atoms with Crippen molar-refractivity contribution in [3.8, 4) is 0 Å². The van der Waals surface area contributed by atoms with Gasteiger partial charge in [0.1, 0.15) is 5.82 Å². The lowest BCUT2D eigenvalue weighted by Crippen LogP contribution is -2.31. The number of carbonyl (C=O) groups is 2. The van der Waals surface area contributed by atoms with Crippen LogP contribution in [0.2, 0.25) is 0 Å². The van der Waals surface area contributed by atoms with Gasteiger partial charge in [-0.25, -0.2) is 4.39 Å². The van der Waals surface area contributed by atoms with Crippen LogP contribution in [0.3, 0.4) is 0 Å². The van der Waals surface area contributed by atoms with Gasteiger partial charge in [0.15, 0.2) is 0 Å². The van der Waals surface area contributed by atoms with Crippen LogP contribution in [0, 0.1) is 11.7 Å². The van der Waals surface area contributed by atoms with Gasteiger partial charge in [-0.15, -0.1) is 0 Å². The topological polar surface area (TPSA) is 75.6 Å². The van der Waals surface area contributed by atoms with Crippen LogP contribution in [0.5, 0.6) is 0 Å². The average molecular weight is 281 g/mol. The number of ether oxygens (including phenoxy) is 1. The fourth-order valence-electron chi connectivity index (χ4n) is 2.24. The van der Waals surface area contributed by atoms with Crippen LogP contribution in [0.25, 0.3) is 0 Å². The number of carboxylic acids is 1. The lowest BCUT2D eigenvalue weighted by Gasteiger charge is -2.18. The maximum atomic E-state index is 12.7. The number of hydrogen-bond donors (Lipinski definition) is 2. The van der Waals surface area contributed by atoms with Crippen molar-refractivity contribution in [3.05, 3.63) is 30.1 Å². The second-order valence-corrected chi connectivity index (χ2v) is 4.76. The van der Waals surface area contributed by atoms with Gasteiger partial charge in [0.05, 0.1) is 12.0 Å². The Balaban J connectivity index is 1.94. The minimum Gasteiger partial charge on any atom is -0.481 e. The van der Waals surface area contributed by atoms with E-state index in [9.17, 15) is 19.1 Å². The molecule has 20 heavy (non-hydrogen) atoms. The van der Waals surface area contributed by atoms with Crippen LogP contribution < -0.4 is 5.32 Å². The lowest BCUT2D eigenvalue weighted by molar-refractivity contribution is -0.148. The number of aliphatic carboxylic acids is 1. The van der Waals surface area contributed by atoms with Crippen molar-refractivity contribution >= 4 is 17.6 Å². The highest BCUT2D eigenvalue weighted by Crippen LogP contribution is 2.24. The molecule has 5 nitrogen and oxygen atoms in total. The fourth-order valence-corrected chi connectivity index (χ4v) is 2.24. The molecular weight excluding hydrogens is 265 g/mol. The van der Waals surface area contributed by atoms with E-state index in [4.69, 9.17) is 4.74 Å². The average Bonchev–Trinajstić information content (AvgIpc) is 2.92. The molecule has 1 fully saturated rings. The second-order valence-electron chi connectivity index (χ2n) is 4.76. The number of nitrogens with one attached hydrogen (secondary N) is 1. The van der Waals surface area contributed by atoms with Gasteiger partial charge in [-0.3, -0.25) is 9.59 Å². The third-order valence-corrected chi connectivity index (χ3v) is 3.26. The molecule has 0 aliphatic carbocycles. The van der Waals surface area contributed by atoms with Gasteiger partial charge in [-0.2, -0.15) is 0 Å². The molecule has 0 saturated carbocycles. The number of carboxylic acid groups (broad SMARTS) is 1. The number of benzene rings is 1. The largest absolute Gasteiger partial charge is 0.481 e. The summed E-state index contributed by atoms with van der Waals surface area (Å²) >= 11 is 0. The van der Waals surface area contributed by atoms with Crippen LogP contribution in [-0.4, -0.2) is 29.7 Å². The third-order valence-electron chi connectivity index (χ3n) is 3.26. The maximum absolute atomic E-state index is 12.7. The Labute approximate surface area is 115 Å². The quantitative estimate of drug-likeness (QED) is 0.866. The number of rotatable bonds is 5. The van der Waals surface area contributed by atoms with Gasteiger partial charge < -0.3 is 15.2 Å². The first kappa shape index (κ1) is 14.5. The molecule has 0 unspecified atom stereocenters. The Hall–Kier alpha value is -1.95. The summed E-state index contributed by atoms with van der Waals surface area (Å²) < 4.78 is 18.1. The van der Waals surface area contributed by atoms with E-state index in [-0.39, 0.29) is 6.42 Å². The predicted octanol–water partition coefficient (Wildman–Crippen LogP) is 2.03. The number of amides is 1. The van der Waals surface area contributed by atoms with Crippen LogP contribution in [0.4, 0.5) is 10.1 Å². The first-order chi connectivity index (χ1) is 9.56. The van der Waals surface area contributed by atoms with Crippen molar-refractivity contribution in [2.24, 2.45) is 5.92 Å². The van der Waals surface area contributed by atoms with Crippen LogP contribution in [-0.2, 0) is 14.3 Å². The van der Waals surface area contributed by atoms with Crippen LogP contribution in [0.1, 0.15) is 19.3 Å². The first-order valence-electron chi connectivity index (χ1n) is 6.46. The maximum Gasteiger partial charge on any atom is 0.309 e. The molecule has 1 saturated heterocycles. The zero-order chi connectivity index (χ0) is 14.5. The van der Waals surface area contributed by atoms with Gasteiger partial charge in [-0.1, -0.05) is 0 Å². The third kappa shape index (κ3) is 3.77. The molecule has 0 radical (unpaired) electrons. The molecule has 1 aliphatic rings. The number of carbonyl (C=O) groups excluding carboxylic acids is 1. The standard InChI is InChI=1S/C14H16FNO4/c15-9-3-5-10(6-4-9)16-13(17)8-11(14(18)19)12-2-1-7-20-12/h3-6,11-12H,1-2,7-8H2,(H,16,17)(H,18,19)/t11-,12-/m0/s1. The summed E-state index contributed by atoms with van der Waals surface area (Å²) in [4.78, 5) is 23.1. The molecule has 0 bridgehead atoms. The molecule has 108 valence electrons. The molecule has 1 aliphatic heterocycles. The smallest absolute Gasteiger partial charge is 0.309 e. The van der Waals surface area contributed by atoms with Crippen LogP contribution >= 0.6 is 0 Å². The molecule has 2 rings (SSSR count). The normalized spacial score (nSPS) is 19.6. The van der Waals surface area contributed by atoms with E-state index >= 15 is 0 Å². The summed E-state index contributed by atoms with van der Waals surface area (Å²) in [7, 11) is 0. The van der Waals surface area contributed by atoms with Crippen molar-refractivity contribution in [1.29, 1.82) is 0 Å². The zero-order valence-electron chi connectivity index (χ0n) is 10.8. The number of hydrogen-bond acceptors (Lipinski definition) is 3. The Morgan fingerprint density at radius 1 is 1.40 bits per heavy atom. The van der Waals surface area contributed by atoms with Crippen molar-refractivity contribution < 1.29 is 23.8 Å². The highest BCUT2D eigenvalue weighted by molar-refractivity contribution is 5.93. The van der Waals surface area contributed by atoms with Gasteiger partial charge in [0, 0.05) is 18.7 Å². The Kier molecular flexibility index (Phi) is 4.68. The molecule has 2 N–H and O–H groups in total. The van der Waals surface area contributed by atoms with Crippen molar-refractivity contribution in [3.63, 3.8) is 0 Å². The molecular formula is C14H16FNO4. The molecule has 1 heterocycles. The van der Waals surface area contributed by atoms with E-state index in [0.717, 1.165) is 6.42 Å². The van der Waals surface area contributed by atoms with Crippen molar-refractivity contribution in [2.75, 3.05) is 11.9 Å². The summed E-state index contributed by atoms with van der Waals surface area (Å²) in [5, 5.41) is 11.7. The molecule has 6 heteroatoms. The molecule has 1 aromatic carbocycles. The molecule has 1 aromatic rings. The van der Waals surface area contributed by atoms with Gasteiger partial charge >= 0.3 is 5.97 Å². The predicted molar refractivity (Wildman–Crippen MR) is 69.7 cm³/mol. The molecule has 0 spiro atoms. The van der Waals surface area contributed by atoms with Gasteiger partial charge in [0.25, 0.3) is 0 Å². The Bertz CT molecular complexity index is 482.